The van der Waals surface area contributed by atoms with Crippen molar-refractivity contribution in [3.8, 4) is 0 Å². The zero-order valence-electron chi connectivity index (χ0n) is 14.1. The van der Waals surface area contributed by atoms with Crippen LogP contribution in [0.4, 0.5) is 0 Å². The Morgan fingerprint density at radius 1 is 0.920 bits per heavy atom. The Bertz CT molecular complexity index is 647. The molecule has 0 saturated carbocycles. The Morgan fingerprint density at radius 3 is 2.24 bits per heavy atom. The van der Waals surface area contributed by atoms with Crippen molar-refractivity contribution in [1.29, 1.82) is 0 Å². The first-order valence-corrected chi connectivity index (χ1v) is 9.47. The predicted octanol–water partition coefficient (Wildman–Crippen LogP) is 3.21. The number of carbonyl (C=O) groups excluding carboxylic acids is 2. The van der Waals surface area contributed by atoms with Gasteiger partial charge in [-0.3, -0.25) is 9.59 Å². The maximum atomic E-state index is 11.7. The molecule has 0 aromatic heterocycles. The van der Waals surface area contributed by atoms with Gasteiger partial charge in [0.1, 0.15) is 0 Å². The van der Waals surface area contributed by atoms with E-state index in [4.69, 9.17) is 4.74 Å². The fourth-order valence-corrected chi connectivity index (χ4v) is 3.01. The highest BCUT2D eigenvalue weighted by Gasteiger charge is 2.07. The molecule has 1 N–H and O–H groups in total. The maximum Gasteiger partial charge on any atom is 0.306 e. The smallest absolute Gasteiger partial charge is 0.306 e. The number of nitrogens with one attached hydrogen (secondary N) is 1. The summed E-state index contributed by atoms with van der Waals surface area (Å²) in [6.07, 6.45) is 0.904. The van der Waals surface area contributed by atoms with Crippen LogP contribution in [0, 0.1) is 0 Å². The number of benzene rings is 2. The van der Waals surface area contributed by atoms with Crippen LogP contribution in [0.5, 0.6) is 0 Å². The van der Waals surface area contributed by atoms with Crippen molar-refractivity contribution < 1.29 is 14.3 Å². The largest absolute Gasteiger partial charge is 0.456 e. The summed E-state index contributed by atoms with van der Waals surface area (Å²) in [6, 6.07) is 19.9. The van der Waals surface area contributed by atoms with Gasteiger partial charge in [0.15, 0.2) is 6.61 Å². The lowest BCUT2D eigenvalue weighted by Gasteiger charge is -2.07. The molecule has 2 aromatic rings. The second kappa shape index (κ2) is 11.3. The molecule has 132 valence electrons. The Kier molecular flexibility index (Phi) is 8.63. The van der Waals surface area contributed by atoms with E-state index in [1.165, 1.54) is 5.56 Å². The summed E-state index contributed by atoms with van der Waals surface area (Å²) < 4.78 is 4.99. The third-order valence-electron chi connectivity index (χ3n) is 3.50. The number of rotatable bonds is 10. The standard InChI is InChI=1S/C20H23NO3S/c22-19(21-13-14-25-16-18-9-5-2-6-10-18)15-24-20(23)12-11-17-7-3-1-4-8-17/h1-10H,11-16H2,(H,21,22). The number of hydrogen-bond acceptors (Lipinski definition) is 4. The molecule has 2 aromatic carbocycles. The van der Waals surface area contributed by atoms with E-state index in [1.54, 1.807) is 11.8 Å². The van der Waals surface area contributed by atoms with Gasteiger partial charge in [0.25, 0.3) is 5.91 Å². The van der Waals surface area contributed by atoms with Gasteiger partial charge in [-0.15, -0.1) is 0 Å². The molecule has 0 aliphatic heterocycles. The summed E-state index contributed by atoms with van der Waals surface area (Å²) in [5.41, 5.74) is 2.35. The first-order chi connectivity index (χ1) is 12.2. The van der Waals surface area contributed by atoms with E-state index < -0.39 is 0 Å². The van der Waals surface area contributed by atoms with Crippen LogP contribution in [0.25, 0.3) is 0 Å². The molecule has 5 heteroatoms. The fourth-order valence-electron chi connectivity index (χ4n) is 2.19. The molecular formula is C20H23NO3S. The highest BCUT2D eigenvalue weighted by atomic mass is 32.2. The van der Waals surface area contributed by atoms with Gasteiger partial charge in [-0.25, -0.2) is 0 Å². The van der Waals surface area contributed by atoms with Crippen LogP contribution in [0.3, 0.4) is 0 Å². The summed E-state index contributed by atoms with van der Waals surface area (Å²) >= 11 is 1.76. The lowest BCUT2D eigenvalue weighted by atomic mass is 10.1. The number of ether oxygens (including phenoxy) is 1. The van der Waals surface area contributed by atoms with Crippen molar-refractivity contribution in [1.82, 2.24) is 5.32 Å². The Balaban J connectivity index is 1.49. The highest BCUT2D eigenvalue weighted by Crippen LogP contribution is 2.10. The van der Waals surface area contributed by atoms with Crippen molar-refractivity contribution in [2.75, 3.05) is 18.9 Å². The molecule has 1 amide bonds. The summed E-state index contributed by atoms with van der Waals surface area (Å²) in [6.45, 7) is 0.356. The van der Waals surface area contributed by atoms with Gasteiger partial charge in [0.2, 0.25) is 0 Å². The van der Waals surface area contributed by atoms with Crippen LogP contribution in [0.1, 0.15) is 17.5 Å². The summed E-state index contributed by atoms with van der Waals surface area (Å²) in [4.78, 5) is 23.3. The number of thioether (sulfide) groups is 1. The number of esters is 1. The zero-order chi connectivity index (χ0) is 17.7. The Morgan fingerprint density at radius 2 is 1.56 bits per heavy atom. The first kappa shape index (κ1) is 19.1. The number of hydrogen-bond donors (Lipinski definition) is 1. The van der Waals surface area contributed by atoms with Crippen LogP contribution in [-0.2, 0) is 26.5 Å². The van der Waals surface area contributed by atoms with Gasteiger partial charge < -0.3 is 10.1 Å². The minimum atomic E-state index is -0.350. The van der Waals surface area contributed by atoms with E-state index >= 15 is 0 Å². The molecule has 4 nitrogen and oxygen atoms in total. The molecule has 0 bridgehead atoms. The molecular weight excluding hydrogens is 334 g/mol. The van der Waals surface area contributed by atoms with E-state index in [0.29, 0.717) is 13.0 Å². The minimum absolute atomic E-state index is 0.211. The summed E-state index contributed by atoms with van der Waals surface area (Å²) in [5, 5.41) is 2.76. The average Bonchev–Trinajstić information content (AvgIpc) is 2.66. The maximum absolute atomic E-state index is 11.7. The zero-order valence-corrected chi connectivity index (χ0v) is 15.0. The molecule has 0 spiro atoms. The molecule has 0 heterocycles. The van der Waals surface area contributed by atoms with E-state index in [0.717, 1.165) is 17.1 Å². The molecule has 0 aliphatic carbocycles. The van der Waals surface area contributed by atoms with Gasteiger partial charge in [0.05, 0.1) is 0 Å². The lowest BCUT2D eigenvalue weighted by molar-refractivity contribution is -0.148. The third kappa shape index (κ3) is 8.40. The van der Waals surface area contributed by atoms with Gasteiger partial charge >= 0.3 is 5.97 Å². The monoisotopic (exact) mass is 357 g/mol. The topological polar surface area (TPSA) is 55.4 Å². The molecule has 25 heavy (non-hydrogen) atoms. The molecule has 0 aliphatic rings. The van der Waals surface area contributed by atoms with Crippen molar-refractivity contribution >= 4 is 23.6 Å². The molecule has 0 radical (unpaired) electrons. The minimum Gasteiger partial charge on any atom is -0.456 e. The summed E-state index contributed by atoms with van der Waals surface area (Å²) in [7, 11) is 0. The average molecular weight is 357 g/mol. The van der Waals surface area contributed by atoms with E-state index in [-0.39, 0.29) is 24.9 Å². The van der Waals surface area contributed by atoms with Crippen molar-refractivity contribution in [2.45, 2.75) is 18.6 Å². The van der Waals surface area contributed by atoms with Crippen molar-refractivity contribution in [2.24, 2.45) is 0 Å². The van der Waals surface area contributed by atoms with E-state index in [2.05, 4.69) is 17.4 Å². The van der Waals surface area contributed by atoms with E-state index in [9.17, 15) is 9.59 Å². The number of aryl methyl sites for hydroxylation is 1. The highest BCUT2D eigenvalue weighted by molar-refractivity contribution is 7.98. The van der Waals surface area contributed by atoms with E-state index in [1.807, 2.05) is 48.5 Å². The molecule has 0 saturated heterocycles. The van der Waals surface area contributed by atoms with Crippen LogP contribution in [0.2, 0.25) is 0 Å². The molecule has 2 rings (SSSR count). The van der Waals surface area contributed by atoms with Crippen LogP contribution >= 0.6 is 11.8 Å². The van der Waals surface area contributed by atoms with Crippen molar-refractivity contribution in [3.05, 3.63) is 71.8 Å². The third-order valence-corrected chi connectivity index (χ3v) is 4.54. The number of carbonyl (C=O) groups is 2. The second-order valence-electron chi connectivity index (χ2n) is 5.53. The first-order valence-electron chi connectivity index (χ1n) is 8.32. The lowest BCUT2D eigenvalue weighted by Crippen LogP contribution is -2.30. The Hall–Kier alpha value is -2.27. The number of amides is 1. The molecule has 0 fully saturated rings. The summed E-state index contributed by atoms with van der Waals surface area (Å²) in [5.74, 6) is 1.14. The normalized spacial score (nSPS) is 10.2. The van der Waals surface area contributed by atoms with Gasteiger partial charge in [-0.05, 0) is 17.5 Å². The van der Waals surface area contributed by atoms with Gasteiger partial charge in [0, 0.05) is 24.5 Å². The Labute approximate surface area is 153 Å². The van der Waals surface area contributed by atoms with Crippen LogP contribution in [-0.4, -0.2) is 30.8 Å². The second-order valence-corrected chi connectivity index (χ2v) is 6.64. The van der Waals surface area contributed by atoms with Crippen LogP contribution < -0.4 is 5.32 Å². The van der Waals surface area contributed by atoms with Crippen LogP contribution in [0.15, 0.2) is 60.7 Å². The predicted molar refractivity (Wildman–Crippen MR) is 101 cm³/mol. The molecule has 0 atom stereocenters. The molecule has 0 unspecified atom stereocenters. The van der Waals surface area contributed by atoms with Gasteiger partial charge in [-0.1, -0.05) is 60.7 Å². The van der Waals surface area contributed by atoms with Crippen molar-refractivity contribution in [3.63, 3.8) is 0 Å². The fraction of sp³-hybridized carbons (Fsp3) is 0.300. The quantitative estimate of drug-likeness (QED) is 0.524. The SMILES string of the molecule is O=C(COC(=O)CCc1ccccc1)NCCSCc1ccccc1. The van der Waals surface area contributed by atoms with Gasteiger partial charge in [-0.2, -0.15) is 11.8 Å².